The molecule has 3 aromatic heterocycles. The maximum atomic E-state index is 15.4. The van der Waals surface area contributed by atoms with Gasteiger partial charge in [0.25, 0.3) is 11.8 Å². The number of H-pyrrole nitrogens is 1. The van der Waals surface area contributed by atoms with E-state index < -0.39 is 58.0 Å². The number of hydrogen-bond acceptors (Lipinski definition) is 9. The molecule has 0 aromatic carbocycles. The van der Waals surface area contributed by atoms with Gasteiger partial charge >= 0.3 is 12.4 Å². The first-order valence-electron chi connectivity index (χ1n) is 17.7. The molecule has 0 bridgehead atoms. The fourth-order valence-corrected chi connectivity index (χ4v) is 8.55. The summed E-state index contributed by atoms with van der Waals surface area (Å²) < 4.78 is 90.3. The molecule has 2 aliphatic heterocycles. The molecule has 0 spiro atoms. The fourth-order valence-electron chi connectivity index (χ4n) is 7.65. The summed E-state index contributed by atoms with van der Waals surface area (Å²) in [5.74, 6) is -2.11. The van der Waals surface area contributed by atoms with Gasteiger partial charge in [0.15, 0.2) is 5.82 Å². The number of halogens is 7. The molecule has 5 heterocycles. The quantitative estimate of drug-likeness (QED) is 0.201. The van der Waals surface area contributed by atoms with E-state index in [1.165, 1.54) is 0 Å². The number of ether oxygens (including phenoxy) is 1. The van der Waals surface area contributed by atoms with Gasteiger partial charge in [-0.15, -0.1) is 21.5 Å². The molecule has 3 aromatic rings. The molecule has 0 radical (unpaired) electrons. The van der Waals surface area contributed by atoms with Gasteiger partial charge in [0.2, 0.25) is 11.5 Å². The van der Waals surface area contributed by atoms with Crippen LogP contribution in [0.3, 0.4) is 0 Å². The normalized spacial score (nSPS) is 21.9. The largest absolute Gasteiger partial charge is 0.474 e. The topological polar surface area (TPSA) is 146 Å². The Labute approximate surface area is 320 Å². The summed E-state index contributed by atoms with van der Waals surface area (Å²) in [7, 11) is 0. The fraction of sp³-hybridized carbons (Fsp3) is 0.514. The number of alkyl halides is 6. The first-order valence-corrected chi connectivity index (χ1v) is 18.9. The van der Waals surface area contributed by atoms with Crippen LogP contribution >= 0.6 is 22.9 Å². The van der Waals surface area contributed by atoms with Crippen molar-refractivity contribution in [3.05, 3.63) is 74.0 Å². The number of hydrogen-bond donors (Lipinski definition) is 2. The maximum absolute atomic E-state index is 15.4. The monoisotopic (exact) mass is 814 g/mol. The van der Waals surface area contributed by atoms with E-state index in [4.69, 9.17) is 16.3 Å². The van der Waals surface area contributed by atoms with E-state index >= 15 is 4.79 Å². The second-order valence-electron chi connectivity index (χ2n) is 13.5. The molecule has 12 nitrogen and oxygen atoms in total. The van der Waals surface area contributed by atoms with Crippen molar-refractivity contribution in [2.45, 2.75) is 101 Å². The van der Waals surface area contributed by atoms with Gasteiger partial charge in [0.05, 0.1) is 24.2 Å². The van der Waals surface area contributed by atoms with Gasteiger partial charge in [-0.1, -0.05) is 30.2 Å². The number of amides is 3. The second-order valence-corrected chi connectivity index (χ2v) is 14.9. The van der Waals surface area contributed by atoms with Crippen molar-refractivity contribution < 1.29 is 45.5 Å². The van der Waals surface area contributed by atoms with Gasteiger partial charge in [0.1, 0.15) is 16.3 Å². The first-order chi connectivity index (χ1) is 26.1. The Kier molecular flexibility index (Phi) is 11.9. The van der Waals surface area contributed by atoms with Crippen LogP contribution in [0.4, 0.5) is 26.3 Å². The molecule has 3 aliphatic rings. The summed E-state index contributed by atoms with van der Waals surface area (Å²) in [6.07, 6.45) is -4.90. The highest BCUT2D eigenvalue weighted by atomic mass is 35.5. The molecule has 20 heteroatoms. The van der Waals surface area contributed by atoms with E-state index in [-0.39, 0.29) is 69.2 Å². The van der Waals surface area contributed by atoms with Crippen LogP contribution in [0.15, 0.2) is 52.0 Å². The van der Waals surface area contributed by atoms with Crippen molar-refractivity contribution in [2.24, 2.45) is 0 Å². The molecule has 3 atom stereocenters. The van der Waals surface area contributed by atoms with Gasteiger partial charge in [0, 0.05) is 48.6 Å². The minimum absolute atomic E-state index is 0.00132. The van der Waals surface area contributed by atoms with Crippen LogP contribution in [-0.2, 0) is 28.5 Å². The van der Waals surface area contributed by atoms with Crippen molar-refractivity contribution in [2.75, 3.05) is 13.1 Å². The van der Waals surface area contributed by atoms with E-state index in [2.05, 4.69) is 30.9 Å². The number of allylic oxidation sites excluding steroid dienone is 2. The lowest BCUT2D eigenvalue weighted by atomic mass is 9.77. The highest BCUT2D eigenvalue weighted by Crippen LogP contribution is 2.45. The van der Waals surface area contributed by atoms with Crippen LogP contribution in [0.25, 0.3) is 0 Å². The predicted molar refractivity (Wildman–Crippen MR) is 186 cm³/mol. The number of nitrogens with one attached hydrogen (secondary N) is 2. The number of piperidine rings is 1. The average molecular weight is 815 g/mol. The third-order valence-corrected chi connectivity index (χ3v) is 11.3. The molecule has 1 aliphatic carbocycles. The molecule has 55 heavy (non-hydrogen) atoms. The number of carbonyl (C=O) groups excluding carboxylic acids is 3. The van der Waals surface area contributed by atoms with Gasteiger partial charge in [-0.05, 0) is 67.9 Å². The molecular formula is C35H37ClF6N8O4S. The third kappa shape index (κ3) is 8.66. The number of pyridine rings is 1. The third-order valence-electron chi connectivity index (χ3n) is 10.0. The van der Waals surface area contributed by atoms with E-state index in [1.807, 2.05) is 6.08 Å². The number of nitrogens with zero attached hydrogens (tertiary/aromatic N) is 6. The first kappa shape index (κ1) is 40.2. The Hall–Kier alpha value is -4.52. The second kappa shape index (κ2) is 16.3. The van der Waals surface area contributed by atoms with Crippen LogP contribution in [0, 0.1) is 0 Å². The summed E-state index contributed by atoms with van der Waals surface area (Å²) in [6, 6.07) is 0.691. The zero-order valence-electron chi connectivity index (χ0n) is 29.5. The lowest BCUT2D eigenvalue weighted by molar-refractivity contribution is -0.161. The number of rotatable bonds is 11. The smallest absolute Gasteiger partial charge is 0.425 e. The SMILES string of the molecule is CCC[C@H]1N(C(=O)c2ncccc2C(F)(F)F)CCC[C@@]1(Oc1csc(C(F)(F)F)c1)C(=O)N1CCC2=C(CCC(Cl)=C2)C1CCC(=O)NCc1nn[nH]n1. The zero-order valence-corrected chi connectivity index (χ0v) is 31.0. The van der Waals surface area contributed by atoms with Gasteiger partial charge in [-0.2, -0.15) is 31.6 Å². The van der Waals surface area contributed by atoms with E-state index in [0.29, 0.717) is 42.1 Å². The van der Waals surface area contributed by atoms with E-state index in [0.717, 1.165) is 45.8 Å². The molecule has 3 amide bonds. The lowest BCUT2D eigenvalue weighted by Gasteiger charge is -2.52. The minimum atomic E-state index is -4.93. The van der Waals surface area contributed by atoms with Crippen LogP contribution in [-0.4, -0.2) is 83.9 Å². The Morgan fingerprint density at radius 3 is 2.58 bits per heavy atom. The Bertz CT molecular complexity index is 1950. The number of tetrazole rings is 1. The van der Waals surface area contributed by atoms with Gasteiger partial charge in [-0.25, -0.2) is 0 Å². The summed E-state index contributed by atoms with van der Waals surface area (Å²) >= 11 is 6.78. The highest BCUT2D eigenvalue weighted by molar-refractivity contribution is 7.10. The predicted octanol–water partition coefficient (Wildman–Crippen LogP) is 6.83. The van der Waals surface area contributed by atoms with Crippen molar-refractivity contribution in [3.8, 4) is 5.75 Å². The summed E-state index contributed by atoms with van der Waals surface area (Å²) in [5, 5.41) is 17.9. The minimum Gasteiger partial charge on any atom is -0.474 e. The van der Waals surface area contributed by atoms with Crippen molar-refractivity contribution in [1.82, 2.24) is 40.7 Å². The van der Waals surface area contributed by atoms with Crippen molar-refractivity contribution >= 4 is 40.7 Å². The summed E-state index contributed by atoms with van der Waals surface area (Å²) in [4.78, 5) is 48.2. The molecule has 1 saturated heterocycles. The molecule has 2 N–H and O–H groups in total. The van der Waals surface area contributed by atoms with Crippen LogP contribution in [0.5, 0.6) is 5.75 Å². The molecular weight excluding hydrogens is 778 g/mol. The highest BCUT2D eigenvalue weighted by Gasteiger charge is 2.57. The molecule has 0 saturated carbocycles. The van der Waals surface area contributed by atoms with Gasteiger partial charge in [-0.3, -0.25) is 19.4 Å². The van der Waals surface area contributed by atoms with Crippen LogP contribution in [0.2, 0.25) is 0 Å². The van der Waals surface area contributed by atoms with Crippen molar-refractivity contribution in [1.29, 1.82) is 0 Å². The number of carbonyl (C=O) groups is 3. The zero-order chi connectivity index (χ0) is 39.5. The standard InChI is InChI=1S/C35H37ClF6N8O4S/c1-2-5-26-33(54-22-17-27(55-19-22)35(40,41)42,12-4-14-50(26)31(52)30-24(34(37,38)39)6-3-13-43-30)32(53)49-15-11-20-16-21(36)7-8-23(20)25(49)9-10-29(51)44-18-28-45-47-48-46-28/h3,6,13,16-17,19,25-26H,2,4-5,7-12,14-15,18H2,1H3,(H,44,51)(H,45,46,47,48)/t25?,26-,33+/m1/s1. The number of aromatic nitrogens is 5. The summed E-state index contributed by atoms with van der Waals surface area (Å²) in [6.45, 7) is 1.81. The molecule has 1 unspecified atom stereocenters. The van der Waals surface area contributed by atoms with Gasteiger partial charge < -0.3 is 19.9 Å². The Balaban J connectivity index is 1.41. The number of thiophene rings is 1. The summed E-state index contributed by atoms with van der Waals surface area (Å²) in [5.41, 5.74) is -2.39. The Morgan fingerprint density at radius 1 is 1.09 bits per heavy atom. The van der Waals surface area contributed by atoms with E-state index in [1.54, 1.807) is 11.8 Å². The van der Waals surface area contributed by atoms with E-state index in [9.17, 15) is 35.9 Å². The maximum Gasteiger partial charge on any atom is 0.425 e. The average Bonchev–Trinajstić information content (AvgIpc) is 3.85. The molecule has 296 valence electrons. The lowest BCUT2D eigenvalue weighted by Crippen LogP contribution is -2.69. The number of aromatic amines is 1. The van der Waals surface area contributed by atoms with Crippen molar-refractivity contribution in [3.63, 3.8) is 0 Å². The van der Waals surface area contributed by atoms with Crippen LogP contribution < -0.4 is 10.1 Å². The van der Waals surface area contributed by atoms with Crippen LogP contribution in [0.1, 0.15) is 91.5 Å². The number of likely N-dealkylation sites (tertiary alicyclic amines) is 1. The molecule has 1 fully saturated rings. The molecule has 6 rings (SSSR count). The Morgan fingerprint density at radius 2 is 1.89 bits per heavy atom.